The number of hydrogen-bond acceptors (Lipinski definition) is 9. The van der Waals surface area contributed by atoms with E-state index in [9.17, 15) is 34.0 Å². The molecule has 0 radical (unpaired) electrons. The average molecular weight is 763 g/mol. The number of allylic oxidation sites excluding steroid dienone is 3. The largest absolute Gasteiger partial charge is 0.504 e. The number of fused-ring (bicyclic) bond motifs is 4. The van der Waals surface area contributed by atoms with Gasteiger partial charge in [-0.15, -0.1) is 0 Å². The first-order valence-corrected chi connectivity index (χ1v) is 17.9. The maximum atomic E-state index is 15.2. The Morgan fingerprint density at radius 1 is 0.945 bits per heavy atom. The van der Waals surface area contributed by atoms with Gasteiger partial charge < -0.3 is 9.84 Å². The van der Waals surface area contributed by atoms with Crippen LogP contribution in [0.3, 0.4) is 0 Å². The summed E-state index contributed by atoms with van der Waals surface area (Å²) in [6.45, 7) is 0. The van der Waals surface area contributed by atoms with Gasteiger partial charge in [-0.2, -0.15) is 5.01 Å². The number of phenols is 1. The number of non-ortho nitro benzene ring substituents is 1. The number of carbonyl (C=O) groups excluding carboxylic acids is 4. The highest BCUT2D eigenvalue weighted by molar-refractivity contribution is 6.30. The van der Waals surface area contributed by atoms with Crippen molar-refractivity contribution in [2.75, 3.05) is 17.4 Å². The van der Waals surface area contributed by atoms with E-state index in [0.29, 0.717) is 27.4 Å². The van der Waals surface area contributed by atoms with Crippen molar-refractivity contribution in [1.29, 1.82) is 0 Å². The first-order valence-electron chi connectivity index (χ1n) is 17.5. The molecular formula is C41H32ClFN4O8. The number of aromatic hydroxyl groups is 1. The molecular weight excluding hydrogens is 731 g/mol. The summed E-state index contributed by atoms with van der Waals surface area (Å²) in [6, 6.07) is 21.9. The van der Waals surface area contributed by atoms with E-state index in [2.05, 4.69) is 5.43 Å². The number of rotatable bonds is 8. The molecule has 0 spiro atoms. The third-order valence-electron chi connectivity index (χ3n) is 11.3. The summed E-state index contributed by atoms with van der Waals surface area (Å²) in [5.41, 5.74) is 3.46. The fraction of sp³-hybridized carbons (Fsp3) is 0.220. The minimum absolute atomic E-state index is 0.0340. The number of nitro groups is 1. The lowest BCUT2D eigenvalue weighted by molar-refractivity contribution is -0.384. The maximum absolute atomic E-state index is 15.2. The molecule has 4 aromatic rings. The van der Waals surface area contributed by atoms with E-state index in [1.54, 1.807) is 42.5 Å². The Bertz CT molecular complexity index is 2330. The Balaban J connectivity index is 1.28. The first-order chi connectivity index (χ1) is 26.4. The van der Waals surface area contributed by atoms with Crippen LogP contribution in [0.4, 0.5) is 21.5 Å². The van der Waals surface area contributed by atoms with Crippen LogP contribution in [0.1, 0.15) is 24.0 Å². The number of nitrogens with one attached hydrogen (secondary N) is 1. The molecule has 3 fully saturated rings. The number of phenolic OH excluding ortho intramolecular Hbond substituents is 1. The van der Waals surface area contributed by atoms with Crippen LogP contribution in [0.25, 0.3) is 6.08 Å². The van der Waals surface area contributed by atoms with E-state index in [0.717, 1.165) is 9.91 Å². The Kier molecular flexibility index (Phi) is 8.76. The molecule has 4 amide bonds. The zero-order chi connectivity index (χ0) is 38.8. The van der Waals surface area contributed by atoms with Crippen molar-refractivity contribution in [3.05, 3.63) is 141 Å². The van der Waals surface area contributed by atoms with Crippen LogP contribution in [-0.2, 0) is 24.6 Å². The quantitative estimate of drug-likeness (QED) is 0.0849. The summed E-state index contributed by atoms with van der Waals surface area (Å²) in [4.78, 5) is 70.1. The van der Waals surface area contributed by atoms with Crippen LogP contribution in [0, 0.1) is 45.5 Å². The number of carbonyl (C=O) groups is 4. The highest BCUT2D eigenvalue weighted by atomic mass is 35.5. The SMILES string of the molecule is COc1cc(C=C[C@H]2C3=CC[C@@H]4C(=O)N(c5ccc([N+](=O)[O-])cc5)C(=O)[C@@H]4[C@@H]3C[C@H]3C(=O)N(Nc4ccc(F)cc4)C(=O)[C@@]23c2ccc(Cl)cc2)ccc1O. The summed E-state index contributed by atoms with van der Waals surface area (Å²) >= 11 is 6.34. The molecule has 2 heterocycles. The number of nitro benzene ring substituents is 1. The second kappa shape index (κ2) is 13.5. The van der Waals surface area contributed by atoms with Crippen molar-refractivity contribution in [2.45, 2.75) is 18.3 Å². The molecule has 8 rings (SSSR count). The number of imide groups is 2. The summed E-state index contributed by atoms with van der Waals surface area (Å²) in [5.74, 6) is -6.66. The van der Waals surface area contributed by atoms with Gasteiger partial charge in [0.2, 0.25) is 11.8 Å². The van der Waals surface area contributed by atoms with Crippen LogP contribution in [0.2, 0.25) is 5.02 Å². The minimum atomic E-state index is -1.56. The van der Waals surface area contributed by atoms with Crippen LogP contribution in [-0.4, -0.2) is 45.8 Å². The van der Waals surface area contributed by atoms with Gasteiger partial charge in [0, 0.05) is 23.1 Å². The van der Waals surface area contributed by atoms with Crippen LogP contribution in [0.15, 0.2) is 109 Å². The predicted molar refractivity (Wildman–Crippen MR) is 199 cm³/mol. The minimum Gasteiger partial charge on any atom is -0.504 e. The van der Waals surface area contributed by atoms with Gasteiger partial charge in [0.05, 0.1) is 46.6 Å². The van der Waals surface area contributed by atoms with Crippen LogP contribution >= 0.6 is 11.6 Å². The van der Waals surface area contributed by atoms with Crippen molar-refractivity contribution >= 4 is 58.4 Å². The van der Waals surface area contributed by atoms with Crippen molar-refractivity contribution < 1.29 is 38.3 Å². The highest BCUT2D eigenvalue weighted by Crippen LogP contribution is 2.61. The predicted octanol–water partition coefficient (Wildman–Crippen LogP) is 6.84. The van der Waals surface area contributed by atoms with Crippen molar-refractivity contribution in [3.63, 3.8) is 0 Å². The van der Waals surface area contributed by atoms with Crippen molar-refractivity contribution in [1.82, 2.24) is 5.01 Å². The monoisotopic (exact) mass is 762 g/mol. The molecule has 2 saturated heterocycles. The summed E-state index contributed by atoms with van der Waals surface area (Å²) in [6.07, 6.45) is 5.67. The Hall–Kier alpha value is -6.34. The average Bonchev–Trinajstić information content (AvgIpc) is 3.56. The normalized spacial score (nSPS) is 25.8. The number of methoxy groups -OCH3 is 1. The van der Waals surface area contributed by atoms with Gasteiger partial charge in [-0.05, 0) is 90.6 Å². The van der Waals surface area contributed by atoms with Gasteiger partial charge in [-0.1, -0.05) is 53.6 Å². The second-order valence-corrected chi connectivity index (χ2v) is 14.4. The van der Waals surface area contributed by atoms with Gasteiger partial charge in [0.25, 0.3) is 17.5 Å². The molecule has 4 aromatic carbocycles. The van der Waals surface area contributed by atoms with E-state index in [4.69, 9.17) is 16.3 Å². The molecule has 55 heavy (non-hydrogen) atoms. The Morgan fingerprint density at radius 2 is 1.65 bits per heavy atom. The second-order valence-electron chi connectivity index (χ2n) is 14.0. The number of ether oxygens (including phenoxy) is 1. The number of hydrazine groups is 1. The molecule has 0 aromatic heterocycles. The van der Waals surface area contributed by atoms with Crippen molar-refractivity contribution in [3.8, 4) is 11.5 Å². The number of anilines is 2. The summed E-state index contributed by atoms with van der Waals surface area (Å²) in [5, 5.41) is 23.0. The lowest BCUT2D eigenvalue weighted by atomic mass is 9.50. The third-order valence-corrected chi connectivity index (χ3v) is 11.6. The number of hydrogen-bond donors (Lipinski definition) is 2. The molecule has 12 nitrogen and oxygen atoms in total. The van der Waals surface area contributed by atoms with Crippen LogP contribution < -0.4 is 15.1 Å². The lowest BCUT2D eigenvalue weighted by Crippen LogP contribution is -2.54. The number of benzene rings is 4. The van der Waals surface area contributed by atoms with Crippen LogP contribution in [0.5, 0.6) is 11.5 Å². The molecule has 2 aliphatic heterocycles. The van der Waals surface area contributed by atoms with E-state index >= 15 is 4.79 Å². The zero-order valence-corrected chi connectivity index (χ0v) is 29.9. The number of nitrogens with zero attached hydrogens (tertiary/aromatic N) is 3. The van der Waals surface area contributed by atoms with Gasteiger partial charge >= 0.3 is 0 Å². The molecule has 0 unspecified atom stereocenters. The fourth-order valence-corrected chi connectivity index (χ4v) is 9.01. The van der Waals surface area contributed by atoms with E-state index in [-0.39, 0.29) is 35.7 Å². The number of halogens is 2. The van der Waals surface area contributed by atoms with Gasteiger partial charge in [0.1, 0.15) is 5.82 Å². The molecule has 1 saturated carbocycles. The fourth-order valence-electron chi connectivity index (χ4n) is 8.88. The van der Waals surface area contributed by atoms with Gasteiger partial charge in [0.15, 0.2) is 11.5 Å². The molecule has 4 aliphatic rings. The topological polar surface area (TPSA) is 159 Å². The lowest BCUT2D eigenvalue weighted by Gasteiger charge is -2.49. The zero-order valence-electron chi connectivity index (χ0n) is 29.1. The first kappa shape index (κ1) is 35.7. The summed E-state index contributed by atoms with van der Waals surface area (Å²) in [7, 11) is 1.42. The van der Waals surface area contributed by atoms with Crippen molar-refractivity contribution in [2.24, 2.45) is 29.6 Å². The van der Waals surface area contributed by atoms with Gasteiger partial charge in [-0.25, -0.2) is 4.39 Å². The maximum Gasteiger partial charge on any atom is 0.269 e. The summed E-state index contributed by atoms with van der Waals surface area (Å²) < 4.78 is 19.2. The van der Waals surface area contributed by atoms with E-state index in [1.165, 1.54) is 61.7 Å². The van der Waals surface area contributed by atoms with E-state index < -0.39 is 69.4 Å². The standard InChI is InChI=1S/C41H32ClFN4O8/c1-55-35-20-22(3-19-34(35)48)2-18-32-29-16-17-30-36(39(51)45(37(30)49)27-12-14-28(15-13-27)47(53)54)31(29)21-33-38(50)46(44-26-10-8-25(43)9-11-26)40(52)41(32,33)23-4-6-24(42)7-5-23/h2-16,18-20,30-33,36,44,48H,17,21H2,1H3/t30-,31+,32-,33-,36-,41-/m0/s1. The highest BCUT2D eigenvalue weighted by Gasteiger charge is 2.69. The molecule has 2 N–H and O–H groups in total. The molecule has 0 bridgehead atoms. The smallest absolute Gasteiger partial charge is 0.269 e. The van der Waals surface area contributed by atoms with Gasteiger partial charge in [-0.3, -0.25) is 39.6 Å². The number of amides is 4. The molecule has 278 valence electrons. The third kappa shape index (κ3) is 5.65. The molecule has 14 heteroatoms. The molecule has 2 aliphatic carbocycles. The Morgan fingerprint density at radius 3 is 2.33 bits per heavy atom. The molecule has 6 atom stereocenters. The van der Waals surface area contributed by atoms with E-state index in [1.807, 2.05) is 12.2 Å². The Labute approximate surface area is 318 Å².